The fourth-order valence-electron chi connectivity index (χ4n) is 2.34. The number of nitrogens with zero attached hydrogens (tertiary/aromatic N) is 3. The van der Waals surface area contributed by atoms with Crippen LogP contribution >= 0.6 is 15.9 Å². The lowest BCUT2D eigenvalue weighted by Crippen LogP contribution is -2.28. The van der Waals surface area contributed by atoms with Crippen molar-refractivity contribution in [2.24, 2.45) is 0 Å². The Labute approximate surface area is 138 Å². The summed E-state index contributed by atoms with van der Waals surface area (Å²) in [6, 6.07) is 7.84. The number of rotatable bonds is 4. The number of benzene rings is 1. The van der Waals surface area contributed by atoms with Crippen molar-refractivity contribution in [1.29, 1.82) is 0 Å². The topological polar surface area (TPSA) is 42.2 Å². The van der Waals surface area contributed by atoms with Gasteiger partial charge in [0.15, 0.2) is 5.82 Å². The number of halogens is 4. The summed E-state index contributed by atoms with van der Waals surface area (Å²) >= 11 is 3.32. The molecule has 2 aromatic heterocycles. The smallest absolute Gasteiger partial charge is 0.367 e. The van der Waals surface area contributed by atoms with Crippen LogP contribution < -0.4 is 5.32 Å². The van der Waals surface area contributed by atoms with Crippen LogP contribution in [0.1, 0.15) is 11.5 Å². The van der Waals surface area contributed by atoms with Gasteiger partial charge < -0.3 is 5.32 Å². The molecule has 3 rings (SSSR count). The SMILES string of the molecule is FC(F)(F)C(CNc1nccn2ncc(Br)c12)c1ccccc1. The molecule has 1 atom stereocenters. The molecule has 0 fully saturated rings. The molecule has 1 N–H and O–H groups in total. The van der Waals surface area contributed by atoms with Crippen molar-refractivity contribution >= 4 is 27.3 Å². The fraction of sp³-hybridized carbons (Fsp3) is 0.200. The van der Waals surface area contributed by atoms with E-state index < -0.39 is 12.1 Å². The average molecular weight is 385 g/mol. The molecule has 4 nitrogen and oxygen atoms in total. The van der Waals surface area contributed by atoms with E-state index in [4.69, 9.17) is 0 Å². The Hall–Kier alpha value is -2.09. The predicted molar refractivity (Wildman–Crippen MR) is 84.4 cm³/mol. The monoisotopic (exact) mass is 384 g/mol. The van der Waals surface area contributed by atoms with Crippen molar-refractivity contribution in [2.45, 2.75) is 12.1 Å². The highest BCUT2D eigenvalue weighted by Crippen LogP contribution is 2.35. The first kappa shape index (κ1) is 15.8. The molecule has 0 saturated heterocycles. The van der Waals surface area contributed by atoms with E-state index in [1.807, 2.05) is 0 Å². The van der Waals surface area contributed by atoms with E-state index in [-0.39, 0.29) is 12.1 Å². The van der Waals surface area contributed by atoms with Gasteiger partial charge in [-0.05, 0) is 21.5 Å². The number of hydrogen-bond acceptors (Lipinski definition) is 3. The highest BCUT2D eigenvalue weighted by atomic mass is 79.9. The van der Waals surface area contributed by atoms with E-state index in [9.17, 15) is 13.2 Å². The van der Waals surface area contributed by atoms with Gasteiger partial charge in [-0.1, -0.05) is 30.3 Å². The van der Waals surface area contributed by atoms with Gasteiger partial charge in [0, 0.05) is 18.9 Å². The number of nitrogens with one attached hydrogen (secondary N) is 1. The van der Waals surface area contributed by atoms with E-state index in [0.717, 1.165) is 0 Å². The largest absolute Gasteiger partial charge is 0.397 e. The van der Waals surface area contributed by atoms with Gasteiger partial charge in [0.2, 0.25) is 0 Å². The van der Waals surface area contributed by atoms with Gasteiger partial charge in [0.1, 0.15) is 5.52 Å². The minimum Gasteiger partial charge on any atom is -0.367 e. The van der Waals surface area contributed by atoms with Gasteiger partial charge in [-0.3, -0.25) is 0 Å². The van der Waals surface area contributed by atoms with E-state index in [1.165, 1.54) is 18.3 Å². The van der Waals surface area contributed by atoms with E-state index in [0.29, 0.717) is 15.8 Å². The van der Waals surface area contributed by atoms with Crippen molar-refractivity contribution in [3.8, 4) is 0 Å². The first-order valence-corrected chi connectivity index (χ1v) is 7.59. The van der Waals surface area contributed by atoms with Gasteiger partial charge in [-0.25, -0.2) is 9.50 Å². The van der Waals surface area contributed by atoms with E-state index in [1.54, 1.807) is 35.1 Å². The molecule has 0 aliphatic heterocycles. The predicted octanol–water partition coefficient (Wildman–Crippen LogP) is 4.25. The molecule has 1 unspecified atom stereocenters. The minimum atomic E-state index is -4.35. The number of alkyl halides is 3. The Kier molecular flexibility index (Phi) is 4.25. The third-order valence-electron chi connectivity index (χ3n) is 3.46. The van der Waals surface area contributed by atoms with Crippen molar-refractivity contribution in [1.82, 2.24) is 14.6 Å². The third kappa shape index (κ3) is 3.31. The van der Waals surface area contributed by atoms with Crippen molar-refractivity contribution in [2.75, 3.05) is 11.9 Å². The highest BCUT2D eigenvalue weighted by molar-refractivity contribution is 9.10. The maximum atomic E-state index is 13.4. The molecule has 3 aromatic rings. The summed E-state index contributed by atoms with van der Waals surface area (Å²) in [5.74, 6) is -1.27. The van der Waals surface area contributed by atoms with Gasteiger partial charge in [0.05, 0.1) is 16.6 Å². The summed E-state index contributed by atoms with van der Waals surface area (Å²) < 4.78 is 42.3. The quantitative estimate of drug-likeness (QED) is 0.730. The maximum Gasteiger partial charge on any atom is 0.397 e. The van der Waals surface area contributed by atoms with E-state index >= 15 is 0 Å². The Bertz CT molecular complexity index is 801. The van der Waals surface area contributed by atoms with Crippen LogP contribution in [0.4, 0.5) is 19.0 Å². The molecule has 0 bridgehead atoms. The second-order valence-corrected chi connectivity index (χ2v) is 5.80. The summed E-state index contributed by atoms with van der Waals surface area (Å²) in [5.41, 5.74) is 0.813. The molecule has 8 heteroatoms. The van der Waals surface area contributed by atoms with Crippen LogP contribution in [0.25, 0.3) is 5.52 Å². The lowest BCUT2D eigenvalue weighted by molar-refractivity contribution is -0.147. The molecule has 0 spiro atoms. The zero-order valence-corrected chi connectivity index (χ0v) is 13.3. The van der Waals surface area contributed by atoms with Crippen LogP contribution in [0.2, 0.25) is 0 Å². The van der Waals surface area contributed by atoms with Crippen LogP contribution in [-0.4, -0.2) is 27.3 Å². The number of aromatic nitrogens is 3. The first-order chi connectivity index (χ1) is 11.0. The normalized spacial score (nSPS) is 13.2. The van der Waals surface area contributed by atoms with Crippen LogP contribution in [-0.2, 0) is 0 Å². The van der Waals surface area contributed by atoms with Crippen LogP contribution in [0.3, 0.4) is 0 Å². The molecule has 0 radical (unpaired) electrons. The molecule has 0 aliphatic rings. The van der Waals surface area contributed by atoms with Crippen LogP contribution in [0, 0.1) is 0 Å². The Morgan fingerprint density at radius 1 is 1.22 bits per heavy atom. The number of hydrogen-bond donors (Lipinski definition) is 1. The highest BCUT2D eigenvalue weighted by Gasteiger charge is 2.40. The summed E-state index contributed by atoms with van der Waals surface area (Å²) in [4.78, 5) is 4.12. The maximum absolute atomic E-state index is 13.4. The van der Waals surface area contributed by atoms with Crippen molar-refractivity contribution in [3.05, 3.63) is 59.0 Å². The average Bonchev–Trinajstić information content (AvgIpc) is 2.90. The third-order valence-corrected chi connectivity index (χ3v) is 4.04. The lowest BCUT2D eigenvalue weighted by atomic mass is 9.98. The second kappa shape index (κ2) is 6.19. The zero-order valence-electron chi connectivity index (χ0n) is 11.8. The molecule has 0 saturated carbocycles. The minimum absolute atomic E-state index is 0.215. The Morgan fingerprint density at radius 2 is 1.96 bits per heavy atom. The molecule has 2 heterocycles. The molecule has 1 aromatic carbocycles. The molecule has 0 amide bonds. The van der Waals surface area contributed by atoms with Crippen LogP contribution in [0.15, 0.2) is 53.4 Å². The van der Waals surface area contributed by atoms with Gasteiger partial charge in [-0.2, -0.15) is 18.3 Å². The Morgan fingerprint density at radius 3 is 2.65 bits per heavy atom. The van der Waals surface area contributed by atoms with Gasteiger partial charge in [-0.15, -0.1) is 0 Å². The molecule has 120 valence electrons. The fourth-order valence-corrected chi connectivity index (χ4v) is 2.81. The second-order valence-electron chi connectivity index (χ2n) is 4.95. The van der Waals surface area contributed by atoms with E-state index in [2.05, 4.69) is 31.3 Å². The standard InChI is InChI=1S/C15H12BrF3N4/c16-12-9-22-23-7-6-20-14(13(12)23)21-8-11(15(17,18)19)10-4-2-1-3-5-10/h1-7,9,11H,8H2,(H,20,21). The summed E-state index contributed by atoms with van der Waals surface area (Å²) in [7, 11) is 0. The Balaban J connectivity index is 1.88. The summed E-state index contributed by atoms with van der Waals surface area (Å²) in [6.07, 6.45) is 0.334. The van der Waals surface area contributed by atoms with Gasteiger partial charge >= 0.3 is 6.18 Å². The molecule has 0 aliphatic carbocycles. The van der Waals surface area contributed by atoms with Gasteiger partial charge in [0.25, 0.3) is 0 Å². The molecular weight excluding hydrogens is 373 g/mol. The van der Waals surface area contributed by atoms with Crippen LogP contribution in [0.5, 0.6) is 0 Å². The lowest BCUT2D eigenvalue weighted by Gasteiger charge is -2.21. The zero-order chi connectivity index (χ0) is 16.4. The number of anilines is 1. The summed E-state index contributed by atoms with van der Waals surface area (Å²) in [6.45, 7) is -0.308. The first-order valence-electron chi connectivity index (χ1n) is 6.80. The summed E-state index contributed by atoms with van der Waals surface area (Å²) in [5, 5.41) is 6.88. The number of fused-ring (bicyclic) bond motifs is 1. The van der Waals surface area contributed by atoms with Crippen molar-refractivity contribution in [3.63, 3.8) is 0 Å². The molecule has 23 heavy (non-hydrogen) atoms. The molecular formula is C15H12BrF3N4. The van der Waals surface area contributed by atoms with Crippen molar-refractivity contribution < 1.29 is 13.2 Å².